The van der Waals surface area contributed by atoms with Gasteiger partial charge in [0.15, 0.2) is 17.5 Å². The van der Waals surface area contributed by atoms with Crippen molar-refractivity contribution in [3.8, 4) is 45.9 Å². The molecule has 200 valence electrons. The van der Waals surface area contributed by atoms with Crippen molar-refractivity contribution in [2.45, 2.75) is 0 Å². The molecule has 2 aromatic heterocycles. The zero-order chi connectivity index (χ0) is 28.8. The molecule has 0 spiro atoms. The Kier molecular flexibility index (Phi) is 5.77. The molecule has 8 rings (SSSR count). The molecule has 43 heavy (non-hydrogen) atoms. The highest BCUT2D eigenvalue weighted by Crippen LogP contribution is 2.37. The smallest absolute Gasteiger partial charge is 0.164 e. The van der Waals surface area contributed by atoms with Gasteiger partial charge in [-0.1, -0.05) is 103 Å². The second-order valence-corrected chi connectivity index (χ2v) is 10.4. The van der Waals surface area contributed by atoms with Crippen LogP contribution in [0.15, 0.2) is 140 Å². The second-order valence-electron chi connectivity index (χ2n) is 10.4. The summed E-state index contributed by atoms with van der Waals surface area (Å²) in [5.41, 5.74) is 6.47. The minimum atomic E-state index is 0.606. The molecule has 0 amide bonds. The fraction of sp³-hybridized carbons (Fsp3) is 0. The molecule has 5 nitrogen and oxygen atoms in total. The van der Waals surface area contributed by atoms with Crippen LogP contribution in [-0.2, 0) is 0 Å². The Labute approximate surface area is 248 Å². The molecular weight excluding hydrogens is 526 g/mol. The van der Waals surface area contributed by atoms with Crippen molar-refractivity contribution in [2.75, 3.05) is 0 Å². The average Bonchev–Trinajstić information content (AvgIpc) is 3.41. The van der Waals surface area contributed by atoms with Gasteiger partial charge in [-0.2, -0.15) is 5.26 Å². The molecule has 0 unspecified atom stereocenters. The van der Waals surface area contributed by atoms with E-state index in [-0.39, 0.29) is 0 Å². The first kappa shape index (κ1) is 24.7. The van der Waals surface area contributed by atoms with E-state index in [1.54, 1.807) is 0 Å². The minimum Gasteiger partial charge on any atom is -0.309 e. The number of hydrogen-bond acceptors (Lipinski definition) is 4. The van der Waals surface area contributed by atoms with Gasteiger partial charge in [0.1, 0.15) is 0 Å². The molecule has 0 atom stereocenters. The molecule has 0 saturated carbocycles. The summed E-state index contributed by atoms with van der Waals surface area (Å²) in [5.74, 6) is 1.86. The van der Waals surface area contributed by atoms with Gasteiger partial charge in [0.2, 0.25) is 0 Å². The Balaban J connectivity index is 1.39. The lowest BCUT2D eigenvalue weighted by atomic mass is 10.1. The van der Waals surface area contributed by atoms with Gasteiger partial charge in [0.25, 0.3) is 0 Å². The quantitative estimate of drug-likeness (QED) is 0.220. The summed E-state index contributed by atoms with van der Waals surface area (Å²) in [5, 5.41) is 14.2. The summed E-state index contributed by atoms with van der Waals surface area (Å²) < 4.78 is 2.26. The molecule has 5 heteroatoms. The zero-order valence-electron chi connectivity index (χ0n) is 23.0. The van der Waals surface area contributed by atoms with Crippen LogP contribution in [-0.4, -0.2) is 19.5 Å². The van der Waals surface area contributed by atoms with Gasteiger partial charge in [0, 0.05) is 32.8 Å². The SMILES string of the molecule is N#Cc1ccc2c3cc(-c4nc(-c5ccccc5)nc(-c5ccccc5)n4)ccc3n(-c3cccc4ccccc34)c2c1. The average molecular weight is 550 g/mol. The zero-order valence-corrected chi connectivity index (χ0v) is 23.0. The van der Waals surface area contributed by atoms with E-state index in [9.17, 15) is 5.26 Å². The third-order valence-electron chi connectivity index (χ3n) is 7.86. The first-order chi connectivity index (χ1) is 21.3. The molecular formula is C38H23N5. The summed E-state index contributed by atoms with van der Waals surface area (Å²) in [6, 6.07) is 49.3. The molecule has 8 aromatic rings. The third-order valence-corrected chi connectivity index (χ3v) is 7.86. The van der Waals surface area contributed by atoms with Gasteiger partial charge in [-0.25, -0.2) is 15.0 Å². The first-order valence-electron chi connectivity index (χ1n) is 14.1. The van der Waals surface area contributed by atoms with Crippen molar-refractivity contribution in [3.05, 3.63) is 145 Å². The third kappa shape index (κ3) is 4.21. The van der Waals surface area contributed by atoms with E-state index < -0.39 is 0 Å². The van der Waals surface area contributed by atoms with Gasteiger partial charge >= 0.3 is 0 Å². The van der Waals surface area contributed by atoms with Crippen molar-refractivity contribution in [2.24, 2.45) is 0 Å². The van der Waals surface area contributed by atoms with E-state index in [1.165, 1.54) is 0 Å². The number of rotatable bonds is 4. The summed E-state index contributed by atoms with van der Waals surface area (Å²) >= 11 is 0. The molecule has 2 heterocycles. The van der Waals surface area contributed by atoms with Crippen LogP contribution in [0, 0.1) is 11.3 Å². The molecule has 0 aliphatic heterocycles. The Morgan fingerprint density at radius 3 is 1.79 bits per heavy atom. The van der Waals surface area contributed by atoms with Crippen molar-refractivity contribution in [3.63, 3.8) is 0 Å². The predicted molar refractivity (Wildman–Crippen MR) is 173 cm³/mol. The van der Waals surface area contributed by atoms with Gasteiger partial charge in [-0.3, -0.25) is 0 Å². The first-order valence-corrected chi connectivity index (χ1v) is 14.1. The lowest BCUT2D eigenvalue weighted by molar-refractivity contribution is 1.07. The van der Waals surface area contributed by atoms with Crippen molar-refractivity contribution < 1.29 is 0 Å². The summed E-state index contributed by atoms with van der Waals surface area (Å²) in [6.07, 6.45) is 0. The van der Waals surface area contributed by atoms with Crippen LogP contribution in [0.25, 0.3) is 72.4 Å². The number of nitriles is 1. The number of nitrogens with zero attached hydrogens (tertiary/aromatic N) is 5. The Hall–Kier alpha value is -6.12. The highest BCUT2D eigenvalue weighted by molar-refractivity contribution is 6.12. The van der Waals surface area contributed by atoms with Crippen molar-refractivity contribution >= 4 is 32.6 Å². The number of aromatic nitrogens is 4. The number of benzene rings is 6. The molecule has 0 saturated heterocycles. The summed E-state index contributed by atoms with van der Waals surface area (Å²) in [7, 11) is 0. The normalized spacial score (nSPS) is 11.2. The molecule has 0 aliphatic carbocycles. The molecule has 0 radical (unpaired) electrons. The van der Waals surface area contributed by atoms with Crippen LogP contribution in [0.3, 0.4) is 0 Å². The monoisotopic (exact) mass is 549 g/mol. The van der Waals surface area contributed by atoms with E-state index in [4.69, 9.17) is 15.0 Å². The Morgan fingerprint density at radius 2 is 1.09 bits per heavy atom. The predicted octanol–water partition coefficient (Wildman–Crippen LogP) is 8.99. The fourth-order valence-corrected chi connectivity index (χ4v) is 5.83. The largest absolute Gasteiger partial charge is 0.309 e. The maximum Gasteiger partial charge on any atom is 0.164 e. The lowest BCUT2D eigenvalue weighted by Crippen LogP contribution is -2.00. The fourth-order valence-electron chi connectivity index (χ4n) is 5.83. The van der Waals surface area contributed by atoms with E-state index in [2.05, 4.69) is 71.3 Å². The second kappa shape index (κ2) is 10.1. The summed E-state index contributed by atoms with van der Waals surface area (Å²) in [4.78, 5) is 14.7. The van der Waals surface area contributed by atoms with Gasteiger partial charge in [-0.05, 0) is 41.8 Å². The minimum absolute atomic E-state index is 0.606. The molecule has 6 aromatic carbocycles. The van der Waals surface area contributed by atoms with Gasteiger partial charge < -0.3 is 4.57 Å². The van der Waals surface area contributed by atoms with Crippen LogP contribution in [0.4, 0.5) is 0 Å². The number of hydrogen-bond donors (Lipinski definition) is 0. The maximum absolute atomic E-state index is 9.76. The van der Waals surface area contributed by atoms with Crippen LogP contribution >= 0.6 is 0 Å². The van der Waals surface area contributed by atoms with Crippen LogP contribution in [0.2, 0.25) is 0 Å². The van der Waals surface area contributed by atoms with Crippen LogP contribution in [0.1, 0.15) is 5.56 Å². The van der Waals surface area contributed by atoms with Crippen LogP contribution < -0.4 is 0 Å². The maximum atomic E-state index is 9.76. The Morgan fingerprint density at radius 1 is 0.465 bits per heavy atom. The highest BCUT2D eigenvalue weighted by atomic mass is 15.0. The highest BCUT2D eigenvalue weighted by Gasteiger charge is 2.18. The van der Waals surface area contributed by atoms with Gasteiger partial charge in [-0.15, -0.1) is 0 Å². The standard InChI is InChI=1S/C38H23N5/c39-24-25-18-20-31-32-23-29(19-21-34(32)43(35(31)22-25)33-17-9-15-26-10-7-8-16-30(26)33)38-41-36(27-11-3-1-4-12-27)40-37(42-38)28-13-5-2-6-14-28/h1-23H. The van der Waals surface area contributed by atoms with E-state index >= 15 is 0 Å². The number of fused-ring (bicyclic) bond motifs is 4. The molecule has 0 bridgehead atoms. The van der Waals surface area contributed by atoms with Crippen molar-refractivity contribution in [1.29, 1.82) is 5.26 Å². The topological polar surface area (TPSA) is 67.4 Å². The molecule has 0 N–H and O–H groups in total. The summed E-state index contributed by atoms with van der Waals surface area (Å²) in [6.45, 7) is 0. The van der Waals surface area contributed by atoms with Gasteiger partial charge in [0.05, 0.1) is 28.4 Å². The van der Waals surface area contributed by atoms with E-state index in [0.29, 0.717) is 23.0 Å². The lowest BCUT2D eigenvalue weighted by Gasteiger charge is -2.12. The van der Waals surface area contributed by atoms with Crippen molar-refractivity contribution in [1.82, 2.24) is 19.5 Å². The van der Waals surface area contributed by atoms with E-state index in [1.807, 2.05) is 78.9 Å². The van der Waals surface area contributed by atoms with E-state index in [0.717, 1.165) is 55.0 Å². The van der Waals surface area contributed by atoms with Crippen LogP contribution in [0.5, 0.6) is 0 Å². The molecule has 0 aliphatic rings. The Bertz CT molecular complexity index is 2290. The molecule has 0 fully saturated rings.